The summed E-state index contributed by atoms with van der Waals surface area (Å²) in [7, 11) is -2.92. The van der Waals surface area contributed by atoms with Crippen molar-refractivity contribution >= 4 is 15.7 Å². The van der Waals surface area contributed by atoms with Crippen LogP contribution in [0.5, 0.6) is 0 Å². The second kappa shape index (κ2) is 4.46. The quantitative estimate of drug-likeness (QED) is 0.584. The lowest BCUT2D eigenvalue weighted by Crippen LogP contribution is -2.53. The first-order valence-electron chi connectivity index (χ1n) is 4.81. The molecule has 0 aliphatic carbocycles. The van der Waals surface area contributed by atoms with Gasteiger partial charge in [-0.05, 0) is 6.92 Å². The number of carbonyl (C=O) groups is 1. The molecule has 15 heavy (non-hydrogen) atoms. The number of sulfone groups is 1. The Morgan fingerprint density at radius 1 is 1.60 bits per heavy atom. The fourth-order valence-corrected chi connectivity index (χ4v) is 3.27. The molecule has 1 saturated heterocycles. The second-order valence-corrected chi connectivity index (χ2v) is 6.20. The van der Waals surface area contributed by atoms with Crippen LogP contribution in [0.2, 0.25) is 0 Å². The molecular weight excluding hydrogens is 218 g/mol. The van der Waals surface area contributed by atoms with Gasteiger partial charge in [-0.15, -0.1) is 0 Å². The molecule has 1 amide bonds. The van der Waals surface area contributed by atoms with Crippen molar-refractivity contribution in [3.8, 4) is 0 Å². The van der Waals surface area contributed by atoms with Gasteiger partial charge >= 0.3 is 0 Å². The van der Waals surface area contributed by atoms with E-state index in [4.69, 9.17) is 11.5 Å². The molecule has 0 radical (unpaired) electrons. The van der Waals surface area contributed by atoms with E-state index < -0.39 is 21.8 Å². The first-order chi connectivity index (χ1) is 6.82. The van der Waals surface area contributed by atoms with Crippen LogP contribution in [-0.2, 0) is 14.6 Å². The Hall–Kier alpha value is -0.660. The zero-order valence-electron chi connectivity index (χ0n) is 8.72. The van der Waals surface area contributed by atoms with Gasteiger partial charge < -0.3 is 11.5 Å². The highest BCUT2D eigenvalue weighted by atomic mass is 32.2. The van der Waals surface area contributed by atoms with Crippen molar-refractivity contribution in [2.75, 3.05) is 24.6 Å². The Morgan fingerprint density at radius 2 is 2.20 bits per heavy atom. The van der Waals surface area contributed by atoms with Crippen LogP contribution >= 0.6 is 0 Å². The fraction of sp³-hybridized carbons (Fsp3) is 0.875. The zero-order valence-corrected chi connectivity index (χ0v) is 9.53. The Balaban J connectivity index is 2.56. The number of primary amides is 1. The van der Waals surface area contributed by atoms with Gasteiger partial charge in [0.2, 0.25) is 5.91 Å². The van der Waals surface area contributed by atoms with Gasteiger partial charge in [0.1, 0.15) is 0 Å². The average molecular weight is 235 g/mol. The lowest BCUT2D eigenvalue weighted by molar-refractivity contribution is -0.119. The molecule has 4 N–H and O–H groups in total. The van der Waals surface area contributed by atoms with Gasteiger partial charge in [0.25, 0.3) is 0 Å². The summed E-state index contributed by atoms with van der Waals surface area (Å²) < 4.78 is 22.6. The standard InChI is InChI=1S/C8H17N3O3S/c1-6-5-15(13,14)3-2-11(6)4-7(9)8(10)12/h6-7H,2-5,9H2,1H3,(H2,10,12). The van der Waals surface area contributed by atoms with Crippen molar-refractivity contribution in [1.82, 2.24) is 4.90 Å². The van der Waals surface area contributed by atoms with Gasteiger partial charge in [-0.2, -0.15) is 0 Å². The molecule has 0 aromatic rings. The van der Waals surface area contributed by atoms with Crippen molar-refractivity contribution in [3.05, 3.63) is 0 Å². The fourth-order valence-electron chi connectivity index (χ4n) is 1.65. The number of nitrogens with zero attached hydrogens (tertiary/aromatic N) is 1. The minimum Gasteiger partial charge on any atom is -0.368 e. The number of nitrogens with two attached hydrogens (primary N) is 2. The molecule has 2 atom stereocenters. The van der Waals surface area contributed by atoms with E-state index >= 15 is 0 Å². The maximum absolute atomic E-state index is 11.3. The predicted octanol–water partition coefficient (Wildman–Crippen LogP) is -2.08. The van der Waals surface area contributed by atoms with E-state index in [-0.39, 0.29) is 17.5 Å². The van der Waals surface area contributed by atoms with Crippen LogP contribution in [0.4, 0.5) is 0 Å². The summed E-state index contributed by atoms with van der Waals surface area (Å²) in [5.41, 5.74) is 10.6. The highest BCUT2D eigenvalue weighted by Gasteiger charge is 2.29. The van der Waals surface area contributed by atoms with Crippen LogP contribution in [0.15, 0.2) is 0 Å². The summed E-state index contributed by atoms with van der Waals surface area (Å²) in [6.07, 6.45) is 0. The van der Waals surface area contributed by atoms with Gasteiger partial charge in [0.05, 0.1) is 17.5 Å². The third-order valence-corrected chi connectivity index (χ3v) is 4.40. The monoisotopic (exact) mass is 235 g/mol. The SMILES string of the molecule is CC1CS(=O)(=O)CCN1CC(N)C(N)=O. The van der Waals surface area contributed by atoms with Crippen molar-refractivity contribution in [2.24, 2.45) is 11.5 Å². The Bertz CT molecular complexity index is 341. The van der Waals surface area contributed by atoms with E-state index in [0.29, 0.717) is 13.1 Å². The van der Waals surface area contributed by atoms with Gasteiger partial charge in [0.15, 0.2) is 9.84 Å². The van der Waals surface area contributed by atoms with E-state index in [1.807, 2.05) is 11.8 Å². The highest BCUT2D eigenvalue weighted by Crippen LogP contribution is 2.11. The smallest absolute Gasteiger partial charge is 0.235 e. The molecule has 88 valence electrons. The summed E-state index contributed by atoms with van der Waals surface area (Å²) >= 11 is 0. The topological polar surface area (TPSA) is 106 Å². The zero-order chi connectivity index (χ0) is 11.6. The van der Waals surface area contributed by atoms with Gasteiger partial charge in [-0.1, -0.05) is 0 Å². The molecule has 2 unspecified atom stereocenters. The van der Waals surface area contributed by atoms with E-state index in [9.17, 15) is 13.2 Å². The van der Waals surface area contributed by atoms with E-state index in [2.05, 4.69) is 0 Å². The van der Waals surface area contributed by atoms with Gasteiger partial charge in [-0.3, -0.25) is 9.69 Å². The molecule has 7 heteroatoms. The van der Waals surface area contributed by atoms with Crippen LogP contribution in [0.25, 0.3) is 0 Å². The lowest BCUT2D eigenvalue weighted by atomic mass is 10.2. The molecule has 0 spiro atoms. The van der Waals surface area contributed by atoms with Crippen LogP contribution in [-0.4, -0.2) is 55.9 Å². The maximum atomic E-state index is 11.3. The first-order valence-corrected chi connectivity index (χ1v) is 6.63. The summed E-state index contributed by atoms with van der Waals surface area (Å²) in [5, 5.41) is 0. The summed E-state index contributed by atoms with van der Waals surface area (Å²) in [6.45, 7) is 2.56. The van der Waals surface area contributed by atoms with Crippen LogP contribution < -0.4 is 11.5 Å². The molecule has 1 fully saturated rings. The summed E-state index contributed by atoms with van der Waals surface area (Å²) in [6, 6.07) is -0.831. The normalized spacial score (nSPS) is 28.5. The second-order valence-electron chi connectivity index (χ2n) is 3.97. The minimum absolute atomic E-state index is 0.103. The molecule has 6 nitrogen and oxygen atoms in total. The van der Waals surface area contributed by atoms with E-state index in [1.165, 1.54) is 0 Å². The van der Waals surface area contributed by atoms with Crippen LogP contribution in [0.1, 0.15) is 6.92 Å². The molecule has 0 aromatic heterocycles. The van der Waals surface area contributed by atoms with Gasteiger partial charge in [0, 0.05) is 19.1 Å². The average Bonchev–Trinajstić information content (AvgIpc) is 2.08. The summed E-state index contributed by atoms with van der Waals surface area (Å²) in [4.78, 5) is 12.6. The third-order valence-electron chi connectivity index (χ3n) is 2.60. The predicted molar refractivity (Wildman–Crippen MR) is 56.9 cm³/mol. The van der Waals surface area contributed by atoms with E-state index in [1.54, 1.807) is 0 Å². The molecule has 0 saturated carbocycles. The molecule has 0 aromatic carbocycles. The third kappa shape index (κ3) is 3.44. The van der Waals surface area contributed by atoms with Crippen LogP contribution in [0, 0.1) is 0 Å². The van der Waals surface area contributed by atoms with Crippen LogP contribution in [0.3, 0.4) is 0 Å². The minimum atomic E-state index is -2.92. The Kier molecular flexibility index (Phi) is 3.69. The number of hydrogen-bond acceptors (Lipinski definition) is 5. The lowest BCUT2D eigenvalue weighted by Gasteiger charge is -2.34. The largest absolute Gasteiger partial charge is 0.368 e. The molecule has 1 aliphatic rings. The molecular formula is C8H17N3O3S. The van der Waals surface area contributed by atoms with Crippen molar-refractivity contribution in [3.63, 3.8) is 0 Å². The number of amides is 1. The molecule has 1 aliphatic heterocycles. The maximum Gasteiger partial charge on any atom is 0.235 e. The highest BCUT2D eigenvalue weighted by molar-refractivity contribution is 7.91. The number of rotatable bonds is 3. The molecule has 1 rings (SSSR count). The summed E-state index contributed by atoms with van der Waals surface area (Å²) in [5.74, 6) is -0.308. The first kappa shape index (κ1) is 12.4. The van der Waals surface area contributed by atoms with Crippen molar-refractivity contribution in [2.45, 2.75) is 19.0 Å². The van der Waals surface area contributed by atoms with Crippen molar-refractivity contribution < 1.29 is 13.2 Å². The number of carbonyl (C=O) groups excluding carboxylic acids is 1. The molecule has 0 bridgehead atoms. The van der Waals surface area contributed by atoms with E-state index in [0.717, 1.165) is 0 Å². The molecule has 1 heterocycles. The Labute approximate surface area is 89.5 Å². The Morgan fingerprint density at radius 3 is 2.67 bits per heavy atom. The van der Waals surface area contributed by atoms with Crippen molar-refractivity contribution in [1.29, 1.82) is 0 Å². The van der Waals surface area contributed by atoms with Gasteiger partial charge in [-0.25, -0.2) is 8.42 Å². The number of hydrogen-bond donors (Lipinski definition) is 2.